The molecule has 2 aromatic heterocycles. The van der Waals surface area contributed by atoms with Gasteiger partial charge in [0.25, 0.3) is 0 Å². The Kier molecular flexibility index (Phi) is 3.95. The van der Waals surface area contributed by atoms with E-state index in [9.17, 15) is 17.6 Å². The van der Waals surface area contributed by atoms with E-state index in [0.29, 0.717) is 26.1 Å². The summed E-state index contributed by atoms with van der Waals surface area (Å²) in [6.45, 7) is 1.57. The fourth-order valence-electron chi connectivity index (χ4n) is 3.43. The normalized spacial score (nSPS) is 14.9. The predicted octanol–water partition coefficient (Wildman–Crippen LogP) is 3.46. The van der Waals surface area contributed by atoms with Crippen molar-refractivity contribution in [1.82, 2.24) is 13.7 Å². The molecule has 150 valence electrons. The topological polar surface area (TPSA) is 87.1 Å². The first-order chi connectivity index (χ1) is 13.7. The molecule has 0 unspecified atom stereocenters. The molecule has 1 fully saturated rings. The third-order valence-corrected chi connectivity index (χ3v) is 7.84. The number of aromatic nitrogens is 3. The van der Waals surface area contributed by atoms with Crippen molar-refractivity contribution < 1.29 is 21.7 Å². The van der Waals surface area contributed by atoms with Gasteiger partial charge in [-0.25, -0.2) is 22.0 Å². The predicted molar refractivity (Wildman–Crippen MR) is 110 cm³/mol. The van der Waals surface area contributed by atoms with Gasteiger partial charge < -0.3 is 4.52 Å². The summed E-state index contributed by atoms with van der Waals surface area (Å²) in [6, 6.07) is 5.37. The smallest absolute Gasteiger partial charge is 0.347 e. The molecule has 0 radical (unpaired) electrons. The quantitative estimate of drug-likeness (QED) is 0.378. The summed E-state index contributed by atoms with van der Waals surface area (Å²) in [4.78, 5) is 13.2. The minimum Gasteiger partial charge on any atom is -0.353 e. The highest BCUT2D eigenvalue weighted by Crippen LogP contribution is 2.35. The van der Waals surface area contributed by atoms with Crippen LogP contribution in [0.5, 0.6) is 0 Å². The van der Waals surface area contributed by atoms with Gasteiger partial charge in [0.05, 0.1) is 22.1 Å². The van der Waals surface area contributed by atoms with Crippen LogP contribution in [-0.4, -0.2) is 27.4 Å². The number of hydrogen-bond acceptors (Lipinski definition) is 5. The van der Waals surface area contributed by atoms with E-state index in [0.717, 1.165) is 4.57 Å². The van der Waals surface area contributed by atoms with Crippen LogP contribution in [0.3, 0.4) is 0 Å². The van der Waals surface area contributed by atoms with Crippen LogP contribution in [0.15, 0.2) is 33.6 Å². The van der Waals surface area contributed by atoms with Gasteiger partial charge in [-0.05, 0) is 66.6 Å². The molecule has 0 spiro atoms. The Morgan fingerprint density at radius 3 is 2.62 bits per heavy atom. The second kappa shape index (κ2) is 6.11. The monoisotopic (exact) mass is 531 g/mol. The Bertz CT molecular complexity index is 1500. The average Bonchev–Trinajstić information content (AvgIpc) is 3.39. The van der Waals surface area contributed by atoms with Crippen LogP contribution < -0.4 is 5.69 Å². The standard InChI is InChI=1S/C18H12F2IN3O4S/c1-8-11-7-14-16(15(20)17(11)28-22-8)23(13-5-2-9(21)6-12(13)19)18(25)24(14)29(26,27)10-3-4-10/h2,5-7,10H,3-4H2,1H3. The molecule has 0 bridgehead atoms. The van der Waals surface area contributed by atoms with E-state index in [1.54, 1.807) is 13.0 Å². The van der Waals surface area contributed by atoms with Crippen molar-refractivity contribution >= 4 is 54.6 Å². The highest BCUT2D eigenvalue weighted by atomic mass is 127. The van der Waals surface area contributed by atoms with E-state index in [1.807, 2.05) is 22.6 Å². The van der Waals surface area contributed by atoms with Crippen molar-refractivity contribution in [3.63, 3.8) is 0 Å². The first kappa shape index (κ1) is 18.7. The van der Waals surface area contributed by atoms with Gasteiger partial charge in [-0.2, -0.15) is 3.97 Å². The third-order valence-electron chi connectivity index (χ3n) is 5.00. The van der Waals surface area contributed by atoms with Crippen molar-refractivity contribution in [3.8, 4) is 5.69 Å². The number of halogens is 3. The van der Waals surface area contributed by atoms with Crippen molar-refractivity contribution in [2.45, 2.75) is 25.0 Å². The molecule has 4 aromatic rings. The Hall–Kier alpha value is -2.28. The minimum absolute atomic E-state index is 0.170. The van der Waals surface area contributed by atoms with Crippen molar-refractivity contribution in [2.24, 2.45) is 0 Å². The first-order valence-electron chi connectivity index (χ1n) is 8.63. The number of imidazole rings is 1. The molecular weight excluding hydrogens is 519 g/mol. The number of hydrogen-bond donors (Lipinski definition) is 0. The number of fused-ring (bicyclic) bond motifs is 2. The summed E-state index contributed by atoms with van der Waals surface area (Å²) in [7, 11) is -4.07. The molecule has 0 atom stereocenters. The van der Waals surface area contributed by atoms with Crippen molar-refractivity contribution in [3.05, 3.63) is 55.6 Å². The van der Waals surface area contributed by atoms with Gasteiger partial charge in [0.1, 0.15) is 11.3 Å². The first-order valence-corrected chi connectivity index (χ1v) is 11.2. The fraction of sp³-hybridized carbons (Fsp3) is 0.222. The van der Waals surface area contributed by atoms with Gasteiger partial charge in [-0.15, -0.1) is 0 Å². The minimum atomic E-state index is -4.07. The lowest BCUT2D eigenvalue weighted by atomic mass is 10.2. The Balaban J connectivity index is 2.01. The van der Waals surface area contributed by atoms with Gasteiger partial charge in [0.15, 0.2) is 5.82 Å². The maximum atomic E-state index is 15.4. The number of rotatable bonds is 3. The fourth-order valence-corrected chi connectivity index (χ4v) is 5.63. The summed E-state index contributed by atoms with van der Waals surface area (Å²) in [5.41, 5.74) is -1.73. The second-order valence-electron chi connectivity index (χ2n) is 6.93. The molecule has 11 heteroatoms. The van der Waals surface area contributed by atoms with Crippen LogP contribution >= 0.6 is 22.6 Å². The summed E-state index contributed by atoms with van der Waals surface area (Å²) in [5, 5.41) is 3.24. The molecule has 1 aliphatic rings. The Morgan fingerprint density at radius 2 is 1.97 bits per heavy atom. The van der Waals surface area contributed by atoms with E-state index in [-0.39, 0.29) is 27.7 Å². The van der Waals surface area contributed by atoms with E-state index in [2.05, 4.69) is 5.16 Å². The van der Waals surface area contributed by atoms with Crippen molar-refractivity contribution in [1.29, 1.82) is 0 Å². The van der Waals surface area contributed by atoms with Crippen molar-refractivity contribution in [2.75, 3.05) is 0 Å². The molecular formula is C18H12F2IN3O4S. The third kappa shape index (κ3) is 2.59. The SMILES string of the molecule is Cc1noc2c(F)c3c(cc12)n(S(=O)(=O)C1CC1)c(=O)n3-c1ccc(I)cc1F. The van der Waals surface area contributed by atoms with Crippen LogP contribution in [0.25, 0.3) is 27.7 Å². The highest BCUT2D eigenvalue weighted by molar-refractivity contribution is 14.1. The lowest BCUT2D eigenvalue weighted by molar-refractivity contribution is 0.436. The maximum Gasteiger partial charge on any atom is 0.347 e. The van der Waals surface area contributed by atoms with Crippen LogP contribution in [-0.2, 0) is 10.0 Å². The summed E-state index contributed by atoms with van der Waals surface area (Å²) in [6.07, 6.45) is 0.826. The molecule has 0 N–H and O–H groups in total. The van der Waals surface area contributed by atoms with E-state index in [4.69, 9.17) is 4.52 Å². The molecule has 1 saturated carbocycles. The van der Waals surface area contributed by atoms with E-state index in [1.165, 1.54) is 18.2 Å². The molecule has 2 heterocycles. The van der Waals surface area contributed by atoms with Crippen LogP contribution in [0.4, 0.5) is 8.78 Å². The lowest BCUT2D eigenvalue weighted by Gasteiger charge is -2.06. The molecule has 29 heavy (non-hydrogen) atoms. The molecule has 0 aliphatic heterocycles. The van der Waals surface area contributed by atoms with Crippen LogP contribution in [0.1, 0.15) is 18.5 Å². The molecule has 7 nitrogen and oxygen atoms in total. The number of benzene rings is 2. The lowest BCUT2D eigenvalue weighted by Crippen LogP contribution is -2.31. The van der Waals surface area contributed by atoms with Crippen LogP contribution in [0.2, 0.25) is 0 Å². The molecule has 5 rings (SSSR count). The number of aryl methyl sites for hydroxylation is 1. The highest BCUT2D eigenvalue weighted by Gasteiger charge is 2.40. The van der Waals surface area contributed by atoms with Gasteiger partial charge in [-0.3, -0.25) is 4.57 Å². The van der Waals surface area contributed by atoms with Gasteiger partial charge in [-0.1, -0.05) is 5.16 Å². The molecule has 1 aliphatic carbocycles. The Labute approximate surface area is 176 Å². The van der Waals surface area contributed by atoms with Gasteiger partial charge in [0.2, 0.25) is 15.6 Å². The second-order valence-corrected chi connectivity index (χ2v) is 10.2. The molecule has 0 amide bonds. The zero-order valence-corrected chi connectivity index (χ0v) is 17.8. The summed E-state index contributed by atoms with van der Waals surface area (Å²) >= 11 is 1.90. The Morgan fingerprint density at radius 1 is 1.24 bits per heavy atom. The summed E-state index contributed by atoms with van der Waals surface area (Å²) < 4.78 is 63.0. The van der Waals surface area contributed by atoms with E-state index < -0.39 is 32.6 Å². The van der Waals surface area contributed by atoms with Gasteiger partial charge >= 0.3 is 5.69 Å². The summed E-state index contributed by atoms with van der Waals surface area (Å²) in [5.74, 6) is -1.76. The van der Waals surface area contributed by atoms with Crippen LogP contribution in [0, 0.1) is 22.1 Å². The zero-order valence-electron chi connectivity index (χ0n) is 14.8. The van der Waals surface area contributed by atoms with Gasteiger partial charge in [0, 0.05) is 8.96 Å². The zero-order chi connectivity index (χ0) is 20.7. The molecule has 0 saturated heterocycles. The van der Waals surface area contributed by atoms with E-state index >= 15 is 4.39 Å². The number of nitrogens with zero attached hydrogens (tertiary/aromatic N) is 3. The average molecular weight is 531 g/mol. The largest absolute Gasteiger partial charge is 0.353 e. The maximum absolute atomic E-state index is 15.4. The molecule has 2 aromatic carbocycles.